The monoisotopic (exact) mass is 430 g/mol. The van der Waals surface area contributed by atoms with Gasteiger partial charge in [-0.2, -0.15) is 0 Å². The summed E-state index contributed by atoms with van der Waals surface area (Å²) in [4.78, 5) is 25.0. The molecule has 2 aromatic carbocycles. The molecule has 4 N–H and O–H groups in total. The highest BCUT2D eigenvalue weighted by Crippen LogP contribution is 2.43. The molecule has 0 aromatic heterocycles. The molecule has 1 aliphatic carbocycles. The lowest BCUT2D eigenvalue weighted by molar-refractivity contribution is -0.135. The predicted octanol–water partition coefficient (Wildman–Crippen LogP) is 5.29. The number of hydrogen-bond acceptors (Lipinski definition) is 4. The molecule has 0 fully saturated rings. The first-order chi connectivity index (χ1) is 15.5. The molecule has 6 nitrogen and oxygen atoms in total. The van der Waals surface area contributed by atoms with Crippen molar-refractivity contribution >= 4 is 23.3 Å². The molecule has 0 saturated heterocycles. The van der Waals surface area contributed by atoms with Crippen molar-refractivity contribution in [2.75, 3.05) is 10.6 Å². The molecule has 6 heteroatoms. The van der Waals surface area contributed by atoms with Gasteiger partial charge >= 0.3 is 11.9 Å². The van der Waals surface area contributed by atoms with Crippen LogP contribution >= 0.6 is 0 Å². The Hall–Kier alpha value is -4.06. The lowest BCUT2D eigenvalue weighted by atomic mass is 9.74. The number of aliphatic carboxylic acids is 2. The number of anilines is 2. The van der Waals surface area contributed by atoms with Crippen molar-refractivity contribution in [2.45, 2.75) is 12.8 Å². The molecule has 0 saturated carbocycles. The summed E-state index contributed by atoms with van der Waals surface area (Å²) in [5.74, 6) is -3.66. The van der Waals surface area contributed by atoms with Crippen LogP contribution in [0.25, 0.3) is 0 Å². The Balaban J connectivity index is 2.24. The number of benzene rings is 2. The quantitative estimate of drug-likeness (QED) is 0.383. The van der Waals surface area contributed by atoms with Crippen LogP contribution in [-0.4, -0.2) is 22.2 Å². The number of carboxylic acids is 2. The highest BCUT2D eigenvalue weighted by Gasteiger charge is 2.41. The zero-order valence-electron chi connectivity index (χ0n) is 17.6. The zero-order chi connectivity index (χ0) is 23.1. The number of rotatable bonds is 10. The summed E-state index contributed by atoms with van der Waals surface area (Å²) in [6.07, 6.45) is 3.73. The topological polar surface area (TPSA) is 98.7 Å². The van der Waals surface area contributed by atoms with E-state index < -0.39 is 23.8 Å². The molecule has 2 aromatic rings. The average molecular weight is 431 g/mol. The Morgan fingerprint density at radius 2 is 1.06 bits per heavy atom. The van der Waals surface area contributed by atoms with Crippen molar-refractivity contribution in [2.24, 2.45) is 11.8 Å². The number of para-hydroxylation sites is 2. The van der Waals surface area contributed by atoms with Gasteiger partial charge in [-0.15, -0.1) is 13.2 Å². The van der Waals surface area contributed by atoms with Crippen LogP contribution in [-0.2, 0) is 9.59 Å². The molecule has 0 amide bonds. The molecule has 164 valence electrons. The van der Waals surface area contributed by atoms with E-state index in [1.165, 1.54) is 0 Å². The van der Waals surface area contributed by atoms with Crippen molar-refractivity contribution in [1.29, 1.82) is 0 Å². The second kappa shape index (κ2) is 10.3. The van der Waals surface area contributed by atoms with Gasteiger partial charge in [-0.1, -0.05) is 48.6 Å². The highest BCUT2D eigenvalue weighted by atomic mass is 16.4. The Kier molecular flexibility index (Phi) is 7.29. The SMILES string of the molecule is C=CCC1C(Nc2ccccc2)=C(C(=O)O)C(CC=C)C(Nc2ccccc2)=C1C(=O)O. The van der Waals surface area contributed by atoms with Gasteiger partial charge in [-0.25, -0.2) is 9.59 Å². The number of allylic oxidation sites excluding steroid dienone is 4. The van der Waals surface area contributed by atoms with Crippen molar-refractivity contribution in [1.82, 2.24) is 0 Å². The maximum atomic E-state index is 12.5. The molecule has 0 aliphatic heterocycles. The molecular weight excluding hydrogens is 404 g/mol. The van der Waals surface area contributed by atoms with Crippen LogP contribution in [0.1, 0.15) is 12.8 Å². The molecule has 32 heavy (non-hydrogen) atoms. The number of carboxylic acid groups (broad SMARTS) is 2. The molecule has 0 bridgehead atoms. The van der Waals surface area contributed by atoms with E-state index in [9.17, 15) is 19.8 Å². The van der Waals surface area contributed by atoms with Gasteiger partial charge in [0.25, 0.3) is 0 Å². The summed E-state index contributed by atoms with van der Waals surface area (Å²) in [6, 6.07) is 18.2. The maximum absolute atomic E-state index is 12.5. The molecule has 1 aliphatic rings. The number of carbonyl (C=O) groups is 2. The molecule has 3 rings (SSSR count). The number of nitrogens with one attached hydrogen (secondary N) is 2. The van der Waals surface area contributed by atoms with Crippen LogP contribution in [0.2, 0.25) is 0 Å². The minimum atomic E-state index is -1.11. The Morgan fingerprint density at radius 1 is 0.719 bits per heavy atom. The van der Waals surface area contributed by atoms with Crippen LogP contribution < -0.4 is 10.6 Å². The standard InChI is InChI=1S/C26H26N2O4/c1-3-11-19-21(25(29)30)24(28-18-15-9-6-10-16-18)20(12-4-2)22(26(31)32)23(19)27-17-13-7-5-8-14-17/h3-10,13-16,19-20,27-28H,1-2,11-12H2,(H,29,30)(H,31,32). The highest BCUT2D eigenvalue weighted by molar-refractivity contribution is 5.96. The Bertz CT molecular complexity index is 984. The predicted molar refractivity (Wildman–Crippen MR) is 126 cm³/mol. The fourth-order valence-corrected chi connectivity index (χ4v) is 4.04. The van der Waals surface area contributed by atoms with Gasteiger partial charge in [-0.3, -0.25) is 0 Å². The lowest BCUT2D eigenvalue weighted by Gasteiger charge is -2.35. The van der Waals surface area contributed by atoms with Gasteiger partial charge in [0.2, 0.25) is 0 Å². The van der Waals surface area contributed by atoms with Gasteiger partial charge in [0.1, 0.15) is 0 Å². The van der Waals surface area contributed by atoms with E-state index in [4.69, 9.17) is 0 Å². The van der Waals surface area contributed by atoms with Crippen LogP contribution in [0, 0.1) is 11.8 Å². The zero-order valence-corrected chi connectivity index (χ0v) is 17.6. The smallest absolute Gasteiger partial charge is 0.334 e. The van der Waals surface area contributed by atoms with E-state index in [2.05, 4.69) is 23.8 Å². The number of hydrogen-bond donors (Lipinski definition) is 4. The van der Waals surface area contributed by atoms with Gasteiger partial charge in [-0.05, 0) is 37.1 Å². The van der Waals surface area contributed by atoms with Crippen molar-refractivity contribution < 1.29 is 19.8 Å². The minimum Gasteiger partial charge on any atom is -0.478 e. The van der Waals surface area contributed by atoms with E-state index in [0.717, 1.165) is 0 Å². The van der Waals surface area contributed by atoms with E-state index in [1.54, 1.807) is 12.2 Å². The van der Waals surface area contributed by atoms with Crippen LogP contribution in [0.4, 0.5) is 11.4 Å². The summed E-state index contributed by atoms with van der Waals surface area (Å²) in [7, 11) is 0. The average Bonchev–Trinajstić information content (AvgIpc) is 2.77. The third-order valence-electron chi connectivity index (χ3n) is 5.35. The lowest BCUT2D eigenvalue weighted by Crippen LogP contribution is -2.35. The first kappa shape index (κ1) is 22.6. The van der Waals surface area contributed by atoms with E-state index >= 15 is 0 Å². The summed E-state index contributed by atoms with van der Waals surface area (Å²) in [5, 5.41) is 26.8. The van der Waals surface area contributed by atoms with Gasteiger partial charge in [0, 0.05) is 34.6 Å². The van der Waals surface area contributed by atoms with Gasteiger partial charge < -0.3 is 20.8 Å². The normalized spacial score (nSPS) is 18.1. The second-order valence-electron chi connectivity index (χ2n) is 7.40. The van der Waals surface area contributed by atoms with Crippen LogP contribution in [0.3, 0.4) is 0 Å². The fourth-order valence-electron chi connectivity index (χ4n) is 4.04. The molecule has 2 atom stereocenters. The van der Waals surface area contributed by atoms with Crippen molar-refractivity contribution in [3.05, 3.63) is 109 Å². The summed E-state index contributed by atoms with van der Waals surface area (Å²) >= 11 is 0. The first-order valence-corrected chi connectivity index (χ1v) is 10.3. The summed E-state index contributed by atoms with van der Waals surface area (Å²) < 4.78 is 0. The molecule has 0 radical (unpaired) electrons. The van der Waals surface area contributed by atoms with Crippen molar-refractivity contribution in [3.8, 4) is 0 Å². The van der Waals surface area contributed by atoms with E-state index in [0.29, 0.717) is 22.8 Å². The van der Waals surface area contributed by atoms with Crippen LogP contribution in [0.15, 0.2) is 109 Å². The molecule has 0 heterocycles. The second-order valence-corrected chi connectivity index (χ2v) is 7.40. The third-order valence-corrected chi connectivity index (χ3v) is 5.35. The molecular formula is C26H26N2O4. The van der Waals surface area contributed by atoms with Gasteiger partial charge in [0.05, 0.1) is 11.1 Å². The molecule has 2 unspecified atom stereocenters. The Morgan fingerprint density at radius 3 is 1.34 bits per heavy atom. The Labute approximate surface area is 187 Å². The third kappa shape index (κ3) is 4.81. The summed E-state index contributed by atoms with van der Waals surface area (Å²) in [6.45, 7) is 7.55. The first-order valence-electron chi connectivity index (χ1n) is 10.3. The maximum Gasteiger partial charge on any atom is 0.334 e. The minimum absolute atomic E-state index is 0.115. The fraction of sp³-hybridized carbons (Fsp3) is 0.154. The van der Waals surface area contributed by atoms with Crippen LogP contribution in [0.5, 0.6) is 0 Å². The van der Waals surface area contributed by atoms with E-state index in [-0.39, 0.29) is 24.0 Å². The van der Waals surface area contributed by atoms with Crippen molar-refractivity contribution in [3.63, 3.8) is 0 Å². The molecule has 0 spiro atoms. The van der Waals surface area contributed by atoms with Gasteiger partial charge in [0.15, 0.2) is 0 Å². The largest absolute Gasteiger partial charge is 0.478 e. The summed E-state index contributed by atoms with van der Waals surface area (Å²) in [5.41, 5.74) is 2.29. The van der Waals surface area contributed by atoms with E-state index in [1.807, 2.05) is 60.7 Å².